The van der Waals surface area contributed by atoms with Gasteiger partial charge in [-0.25, -0.2) is 0 Å². The Bertz CT molecular complexity index is 1070. The summed E-state index contributed by atoms with van der Waals surface area (Å²) in [5.74, 6) is 0. The van der Waals surface area contributed by atoms with E-state index in [9.17, 15) is 0 Å². The minimum atomic E-state index is -0.0837. The predicted octanol–water partition coefficient (Wildman–Crippen LogP) is 7.18. The van der Waals surface area contributed by atoms with Crippen LogP contribution in [0.4, 0.5) is 5.69 Å². The molecule has 2 nitrogen and oxygen atoms in total. The van der Waals surface area contributed by atoms with Gasteiger partial charge in [0.25, 0.3) is 0 Å². The Morgan fingerprint density at radius 1 is 1.07 bits per heavy atom. The van der Waals surface area contributed by atoms with Crippen LogP contribution in [0.2, 0.25) is 0 Å². The molecule has 1 aromatic rings. The summed E-state index contributed by atoms with van der Waals surface area (Å²) in [5.41, 5.74) is 13.5. The van der Waals surface area contributed by atoms with Crippen LogP contribution in [0, 0.1) is 0 Å². The van der Waals surface area contributed by atoms with Crippen molar-refractivity contribution in [2.45, 2.75) is 59.8 Å². The maximum Gasteiger partial charge on any atom is 0.0577 e. The summed E-state index contributed by atoms with van der Waals surface area (Å²) in [5, 5.41) is 3.51. The van der Waals surface area contributed by atoms with Crippen molar-refractivity contribution in [3.8, 4) is 0 Å². The predicted molar refractivity (Wildman–Crippen MR) is 131 cm³/mol. The highest BCUT2D eigenvalue weighted by atomic mass is 14.8. The summed E-state index contributed by atoms with van der Waals surface area (Å²) in [4.78, 5) is 4.71. The maximum absolute atomic E-state index is 4.71. The van der Waals surface area contributed by atoms with Gasteiger partial charge < -0.3 is 5.32 Å². The molecule has 0 unspecified atom stereocenters. The fourth-order valence-corrected chi connectivity index (χ4v) is 5.18. The van der Waals surface area contributed by atoms with E-state index in [4.69, 9.17) is 4.99 Å². The molecule has 30 heavy (non-hydrogen) atoms. The van der Waals surface area contributed by atoms with Gasteiger partial charge in [-0.1, -0.05) is 37.6 Å². The zero-order valence-corrected chi connectivity index (χ0v) is 19.3. The number of hydrogen-bond acceptors (Lipinski definition) is 2. The van der Waals surface area contributed by atoms with Gasteiger partial charge in [-0.15, -0.1) is 0 Å². The summed E-state index contributed by atoms with van der Waals surface area (Å²) in [6, 6.07) is 6.94. The maximum atomic E-state index is 4.71. The summed E-state index contributed by atoms with van der Waals surface area (Å²) in [6.07, 6.45) is 11.5. The first-order valence-corrected chi connectivity index (χ1v) is 11.3. The van der Waals surface area contributed by atoms with E-state index in [0.717, 1.165) is 31.6 Å². The number of nitrogens with one attached hydrogen (secondary N) is 1. The Kier molecular flexibility index (Phi) is 5.44. The molecule has 0 aromatic heterocycles. The number of benzene rings is 1. The zero-order chi connectivity index (χ0) is 21.5. The van der Waals surface area contributed by atoms with E-state index < -0.39 is 0 Å². The largest absolute Gasteiger partial charge is 0.385 e. The lowest BCUT2D eigenvalue weighted by molar-refractivity contribution is 0.626. The van der Waals surface area contributed by atoms with Gasteiger partial charge in [-0.2, -0.15) is 0 Å². The molecule has 0 radical (unpaired) electrons. The Hall–Kier alpha value is -2.61. The van der Waals surface area contributed by atoms with Crippen LogP contribution in [0.1, 0.15) is 65.5 Å². The Balaban J connectivity index is 2.05. The lowest BCUT2D eigenvalue weighted by Crippen LogP contribution is -2.30. The van der Waals surface area contributed by atoms with Gasteiger partial charge in [-0.3, -0.25) is 4.99 Å². The van der Waals surface area contributed by atoms with E-state index in [1.54, 1.807) is 0 Å². The van der Waals surface area contributed by atoms with Gasteiger partial charge in [0.1, 0.15) is 0 Å². The van der Waals surface area contributed by atoms with Crippen molar-refractivity contribution in [3.63, 3.8) is 0 Å². The molecule has 4 rings (SSSR count). The van der Waals surface area contributed by atoms with Crippen LogP contribution in [-0.2, 0) is 5.41 Å². The quantitative estimate of drug-likeness (QED) is 0.571. The molecule has 0 saturated carbocycles. The van der Waals surface area contributed by atoms with Crippen molar-refractivity contribution in [2.75, 3.05) is 18.4 Å². The topological polar surface area (TPSA) is 24.4 Å². The van der Waals surface area contributed by atoms with Crippen LogP contribution in [0.5, 0.6) is 0 Å². The molecular weight excluding hydrogens is 364 g/mol. The van der Waals surface area contributed by atoms with Crippen molar-refractivity contribution < 1.29 is 0 Å². The normalized spacial score (nSPS) is 21.3. The van der Waals surface area contributed by atoms with E-state index in [2.05, 4.69) is 89.4 Å². The van der Waals surface area contributed by atoms with E-state index in [0.29, 0.717) is 0 Å². The first-order valence-electron chi connectivity index (χ1n) is 11.3. The van der Waals surface area contributed by atoms with Crippen molar-refractivity contribution >= 4 is 17.0 Å². The molecule has 3 aliphatic carbocycles. The van der Waals surface area contributed by atoms with Gasteiger partial charge in [0, 0.05) is 24.2 Å². The summed E-state index contributed by atoms with van der Waals surface area (Å²) >= 11 is 0. The first-order chi connectivity index (χ1) is 14.4. The molecule has 1 aromatic carbocycles. The van der Waals surface area contributed by atoms with Crippen molar-refractivity contribution in [2.24, 2.45) is 4.99 Å². The molecule has 1 N–H and O–H groups in total. The lowest BCUT2D eigenvalue weighted by atomic mass is 9.63. The zero-order valence-electron chi connectivity index (χ0n) is 19.3. The molecule has 2 heteroatoms. The average molecular weight is 399 g/mol. The number of allylic oxidation sites excluding steroid dienone is 10. The van der Waals surface area contributed by atoms with Crippen LogP contribution < -0.4 is 5.32 Å². The van der Waals surface area contributed by atoms with Crippen LogP contribution in [0.15, 0.2) is 75.4 Å². The van der Waals surface area contributed by atoms with Gasteiger partial charge in [-0.05, 0) is 104 Å². The van der Waals surface area contributed by atoms with E-state index in [1.165, 1.54) is 50.3 Å². The second-order valence-corrected chi connectivity index (χ2v) is 9.08. The van der Waals surface area contributed by atoms with E-state index in [1.807, 2.05) is 0 Å². The van der Waals surface area contributed by atoms with Gasteiger partial charge >= 0.3 is 0 Å². The van der Waals surface area contributed by atoms with Crippen LogP contribution in [0.25, 0.3) is 5.57 Å². The standard InChI is InChI=1S/C28H34N2/c1-7-29-20-12-14-22-24(16-20)28(5,6)25-17-21(30-8-2)13-15-23(25)27(22)26-18(3)10-9-11-19(26)4/h10,12-17,29H,7-9,11H2,1-6H3. The molecule has 0 fully saturated rings. The van der Waals surface area contributed by atoms with E-state index >= 15 is 0 Å². The third kappa shape index (κ3) is 3.33. The third-order valence-corrected chi connectivity index (χ3v) is 6.67. The lowest BCUT2D eigenvalue weighted by Gasteiger charge is -2.40. The molecular formula is C28H34N2. The van der Waals surface area contributed by atoms with Crippen molar-refractivity contribution in [3.05, 3.63) is 81.5 Å². The molecule has 156 valence electrons. The highest BCUT2D eigenvalue weighted by Crippen LogP contribution is 2.52. The number of aliphatic imine (C=N–C) groups is 1. The number of rotatable bonds is 4. The number of nitrogens with zero attached hydrogens (tertiary/aromatic N) is 1. The molecule has 0 heterocycles. The number of anilines is 1. The Morgan fingerprint density at radius 3 is 2.57 bits per heavy atom. The summed E-state index contributed by atoms with van der Waals surface area (Å²) < 4.78 is 0. The summed E-state index contributed by atoms with van der Waals surface area (Å²) in [7, 11) is 0. The third-order valence-electron chi connectivity index (χ3n) is 6.67. The first kappa shape index (κ1) is 20.7. The highest BCUT2D eigenvalue weighted by Gasteiger charge is 2.39. The number of hydrogen-bond donors (Lipinski definition) is 1. The van der Waals surface area contributed by atoms with Gasteiger partial charge in [0.15, 0.2) is 0 Å². The van der Waals surface area contributed by atoms with Crippen molar-refractivity contribution in [1.29, 1.82) is 0 Å². The minimum Gasteiger partial charge on any atom is -0.385 e. The SMILES string of the molecule is CCN=C1C=CC2=C(C3=C(C)CCC=C3C)c3ccc(NCC)cc3C(C)(C)C2=C1. The van der Waals surface area contributed by atoms with Gasteiger partial charge in [0.2, 0.25) is 0 Å². The second kappa shape index (κ2) is 7.91. The average Bonchev–Trinajstić information content (AvgIpc) is 2.71. The molecule has 3 aliphatic rings. The second-order valence-electron chi connectivity index (χ2n) is 9.08. The van der Waals surface area contributed by atoms with Crippen LogP contribution in [0.3, 0.4) is 0 Å². The number of fused-ring (bicyclic) bond motifs is 2. The molecule has 0 spiro atoms. The Labute approximate surface area is 181 Å². The molecule has 0 atom stereocenters. The molecule has 0 amide bonds. The van der Waals surface area contributed by atoms with Crippen LogP contribution >= 0.6 is 0 Å². The minimum absolute atomic E-state index is 0.0837. The molecule has 0 bridgehead atoms. The Morgan fingerprint density at radius 2 is 1.87 bits per heavy atom. The molecule has 0 saturated heterocycles. The van der Waals surface area contributed by atoms with Crippen LogP contribution in [-0.4, -0.2) is 18.8 Å². The summed E-state index contributed by atoms with van der Waals surface area (Å²) in [6.45, 7) is 15.3. The van der Waals surface area contributed by atoms with Crippen molar-refractivity contribution in [1.82, 2.24) is 0 Å². The monoisotopic (exact) mass is 398 g/mol. The molecule has 0 aliphatic heterocycles. The smallest absolute Gasteiger partial charge is 0.0577 e. The van der Waals surface area contributed by atoms with Gasteiger partial charge in [0.05, 0.1) is 5.71 Å². The fraction of sp³-hybridized carbons (Fsp3) is 0.393. The van der Waals surface area contributed by atoms with E-state index in [-0.39, 0.29) is 5.41 Å². The fourth-order valence-electron chi connectivity index (χ4n) is 5.18. The highest BCUT2D eigenvalue weighted by molar-refractivity contribution is 6.09.